The SMILES string of the molecule is Cc1nc(Br)ncc1C(=O)NN. The van der Waals surface area contributed by atoms with Crippen LogP contribution in [0.15, 0.2) is 10.9 Å². The van der Waals surface area contributed by atoms with E-state index in [4.69, 9.17) is 5.84 Å². The summed E-state index contributed by atoms with van der Waals surface area (Å²) in [7, 11) is 0. The number of nitrogens with two attached hydrogens (primary N) is 1. The van der Waals surface area contributed by atoms with Gasteiger partial charge >= 0.3 is 0 Å². The van der Waals surface area contributed by atoms with Crippen LogP contribution in [0, 0.1) is 6.92 Å². The maximum Gasteiger partial charge on any atom is 0.268 e. The number of hydrogen-bond donors (Lipinski definition) is 2. The highest BCUT2D eigenvalue weighted by Gasteiger charge is 2.08. The van der Waals surface area contributed by atoms with Crippen LogP contribution in [0.25, 0.3) is 0 Å². The number of rotatable bonds is 1. The molecule has 0 aliphatic heterocycles. The van der Waals surface area contributed by atoms with Gasteiger partial charge in [-0.05, 0) is 22.9 Å². The molecule has 0 spiro atoms. The van der Waals surface area contributed by atoms with Crippen LogP contribution in [-0.2, 0) is 0 Å². The third kappa shape index (κ3) is 1.77. The first kappa shape index (κ1) is 9.08. The van der Waals surface area contributed by atoms with Crippen molar-refractivity contribution in [3.8, 4) is 0 Å². The number of carbonyl (C=O) groups is 1. The van der Waals surface area contributed by atoms with Gasteiger partial charge in [-0.15, -0.1) is 0 Å². The number of halogens is 1. The van der Waals surface area contributed by atoms with E-state index in [9.17, 15) is 4.79 Å². The lowest BCUT2D eigenvalue weighted by Gasteiger charge is -2.01. The second-order valence-corrected chi connectivity index (χ2v) is 2.82. The van der Waals surface area contributed by atoms with Crippen molar-refractivity contribution in [2.24, 2.45) is 5.84 Å². The molecular weight excluding hydrogens is 224 g/mol. The third-order valence-corrected chi connectivity index (χ3v) is 1.71. The summed E-state index contributed by atoms with van der Waals surface area (Å²) in [5.41, 5.74) is 2.97. The Hall–Kier alpha value is -1.01. The molecule has 0 atom stereocenters. The van der Waals surface area contributed by atoms with Gasteiger partial charge in [0.15, 0.2) is 4.73 Å². The van der Waals surface area contributed by atoms with Gasteiger partial charge in [-0.25, -0.2) is 15.8 Å². The Morgan fingerprint density at radius 3 is 2.92 bits per heavy atom. The van der Waals surface area contributed by atoms with Crippen molar-refractivity contribution in [2.75, 3.05) is 0 Å². The standard InChI is InChI=1S/C6H7BrN4O/c1-3-4(5(12)11-8)2-9-6(7)10-3/h2H,8H2,1H3,(H,11,12). The summed E-state index contributed by atoms with van der Waals surface area (Å²) in [6, 6.07) is 0. The van der Waals surface area contributed by atoms with Crippen LogP contribution in [0.2, 0.25) is 0 Å². The second kappa shape index (κ2) is 3.59. The quantitative estimate of drug-likeness (QED) is 0.312. The van der Waals surface area contributed by atoms with Crippen molar-refractivity contribution in [3.63, 3.8) is 0 Å². The molecule has 1 aromatic rings. The van der Waals surface area contributed by atoms with Crippen molar-refractivity contribution < 1.29 is 4.79 Å². The summed E-state index contributed by atoms with van der Waals surface area (Å²) in [5.74, 6) is 4.56. The van der Waals surface area contributed by atoms with Crippen LogP contribution < -0.4 is 11.3 Å². The first-order chi connectivity index (χ1) is 5.65. The van der Waals surface area contributed by atoms with Gasteiger partial charge < -0.3 is 0 Å². The lowest BCUT2D eigenvalue weighted by molar-refractivity contribution is 0.0952. The summed E-state index contributed by atoms with van der Waals surface area (Å²) in [6.45, 7) is 1.71. The molecule has 0 aliphatic rings. The minimum absolute atomic E-state index is 0.376. The van der Waals surface area contributed by atoms with Gasteiger partial charge in [0.2, 0.25) is 0 Å². The van der Waals surface area contributed by atoms with Crippen molar-refractivity contribution >= 4 is 21.8 Å². The fourth-order valence-corrected chi connectivity index (χ4v) is 1.11. The molecule has 12 heavy (non-hydrogen) atoms. The topological polar surface area (TPSA) is 80.9 Å². The number of nitrogens with one attached hydrogen (secondary N) is 1. The summed E-state index contributed by atoms with van der Waals surface area (Å²) in [5, 5.41) is 0. The van der Waals surface area contributed by atoms with E-state index >= 15 is 0 Å². The Labute approximate surface area is 77.5 Å². The minimum atomic E-state index is -0.389. The molecule has 0 fully saturated rings. The summed E-state index contributed by atoms with van der Waals surface area (Å²) >= 11 is 3.08. The molecule has 64 valence electrons. The van der Waals surface area contributed by atoms with Crippen molar-refractivity contribution in [1.29, 1.82) is 0 Å². The molecule has 1 aromatic heterocycles. The van der Waals surface area contributed by atoms with Crippen LogP contribution in [-0.4, -0.2) is 15.9 Å². The first-order valence-electron chi connectivity index (χ1n) is 3.15. The normalized spacial score (nSPS) is 9.58. The van der Waals surface area contributed by atoms with Gasteiger partial charge in [0, 0.05) is 6.20 Å². The second-order valence-electron chi connectivity index (χ2n) is 2.11. The number of nitrogens with zero attached hydrogens (tertiary/aromatic N) is 2. The van der Waals surface area contributed by atoms with E-state index < -0.39 is 0 Å². The van der Waals surface area contributed by atoms with E-state index in [0.29, 0.717) is 16.0 Å². The molecule has 1 heterocycles. The maximum absolute atomic E-state index is 11.0. The first-order valence-corrected chi connectivity index (χ1v) is 3.94. The Kier molecular flexibility index (Phi) is 2.72. The number of nitrogen functional groups attached to an aromatic ring is 1. The Morgan fingerprint density at radius 1 is 1.75 bits per heavy atom. The van der Waals surface area contributed by atoms with Gasteiger partial charge in [-0.1, -0.05) is 0 Å². The molecule has 5 nitrogen and oxygen atoms in total. The number of carbonyl (C=O) groups excluding carboxylic acids is 1. The predicted molar refractivity (Wildman–Crippen MR) is 46.1 cm³/mol. The van der Waals surface area contributed by atoms with E-state index in [1.807, 2.05) is 5.43 Å². The Balaban J connectivity index is 3.09. The van der Waals surface area contributed by atoms with Gasteiger partial charge in [-0.3, -0.25) is 10.2 Å². The fraction of sp³-hybridized carbons (Fsp3) is 0.167. The Bertz CT molecular complexity index is 314. The molecule has 0 saturated carbocycles. The van der Waals surface area contributed by atoms with Crippen molar-refractivity contribution in [1.82, 2.24) is 15.4 Å². The molecule has 0 bridgehead atoms. The molecule has 1 amide bonds. The van der Waals surface area contributed by atoms with Gasteiger partial charge in [0.25, 0.3) is 5.91 Å². The molecule has 3 N–H and O–H groups in total. The predicted octanol–water partition coefficient (Wildman–Crippen LogP) is 0.151. The van der Waals surface area contributed by atoms with Crippen LogP contribution in [0.4, 0.5) is 0 Å². The van der Waals surface area contributed by atoms with Crippen LogP contribution in [0.3, 0.4) is 0 Å². The molecule has 1 rings (SSSR count). The monoisotopic (exact) mass is 230 g/mol. The van der Waals surface area contributed by atoms with E-state index in [-0.39, 0.29) is 5.91 Å². The highest BCUT2D eigenvalue weighted by atomic mass is 79.9. The number of amides is 1. The molecule has 0 radical (unpaired) electrons. The third-order valence-electron chi connectivity index (χ3n) is 1.33. The smallest absolute Gasteiger partial charge is 0.268 e. The van der Waals surface area contributed by atoms with E-state index in [2.05, 4.69) is 25.9 Å². The number of hydrazine groups is 1. The number of aryl methyl sites for hydroxylation is 1. The zero-order chi connectivity index (χ0) is 9.14. The zero-order valence-corrected chi connectivity index (χ0v) is 7.92. The van der Waals surface area contributed by atoms with Crippen molar-refractivity contribution in [3.05, 3.63) is 22.2 Å². The summed E-state index contributed by atoms with van der Waals surface area (Å²) < 4.78 is 0.452. The molecule has 0 aliphatic carbocycles. The van der Waals surface area contributed by atoms with Crippen LogP contribution >= 0.6 is 15.9 Å². The highest BCUT2D eigenvalue weighted by Crippen LogP contribution is 2.07. The highest BCUT2D eigenvalue weighted by molar-refractivity contribution is 9.10. The largest absolute Gasteiger partial charge is 0.290 e. The Morgan fingerprint density at radius 2 is 2.42 bits per heavy atom. The zero-order valence-electron chi connectivity index (χ0n) is 6.34. The average molecular weight is 231 g/mol. The van der Waals surface area contributed by atoms with Crippen LogP contribution in [0.1, 0.15) is 16.1 Å². The fourth-order valence-electron chi connectivity index (χ4n) is 0.739. The van der Waals surface area contributed by atoms with Crippen LogP contribution in [0.5, 0.6) is 0 Å². The lowest BCUT2D eigenvalue weighted by Crippen LogP contribution is -2.30. The number of hydrogen-bond acceptors (Lipinski definition) is 4. The molecule has 0 aromatic carbocycles. The summed E-state index contributed by atoms with van der Waals surface area (Å²) in [4.78, 5) is 18.7. The van der Waals surface area contributed by atoms with Gasteiger partial charge in [-0.2, -0.15) is 0 Å². The molecule has 0 unspecified atom stereocenters. The lowest BCUT2D eigenvalue weighted by atomic mass is 10.2. The van der Waals surface area contributed by atoms with Gasteiger partial charge in [0.05, 0.1) is 11.3 Å². The molecule has 6 heteroatoms. The minimum Gasteiger partial charge on any atom is -0.290 e. The van der Waals surface area contributed by atoms with Crippen molar-refractivity contribution in [2.45, 2.75) is 6.92 Å². The van der Waals surface area contributed by atoms with E-state index in [1.165, 1.54) is 6.20 Å². The maximum atomic E-state index is 11.0. The van der Waals surface area contributed by atoms with Gasteiger partial charge in [0.1, 0.15) is 0 Å². The summed E-state index contributed by atoms with van der Waals surface area (Å²) in [6.07, 6.45) is 1.41. The number of aromatic nitrogens is 2. The van der Waals surface area contributed by atoms with E-state index in [0.717, 1.165) is 0 Å². The van der Waals surface area contributed by atoms with E-state index in [1.54, 1.807) is 6.92 Å². The molecular formula is C6H7BrN4O. The average Bonchev–Trinajstić information content (AvgIpc) is 2.03. The molecule has 0 saturated heterocycles.